The molecule has 1 fully saturated rings. The Kier molecular flexibility index (Phi) is 3.23. The SMILES string of the molecule is CCOc1ccc2c(c1)c(C)c(C1CCNC1)n2C. The Morgan fingerprint density at radius 1 is 1.42 bits per heavy atom. The van der Waals surface area contributed by atoms with Crippen molar-refractivity contribution in [2.24, 2.45) is 7.05 Å². The second kappa shape index (κ2) is 4.89. The van der Waals surface area contributed by atoms with Gasteiger partial charge in [-0.1, -0.05) is 0 Å². The van der Waals surface area contributed by atoms with Gasteiger partial charge in [0.25, 0.3) is 0 Å². The molecule has 0 aliphatic carbocycles. The van der Waals surface area contributed by atoms with Gasteiger partial charge in [-0.15, -0.1) is 0 Å². The Bertz CT molecular complexity index is 594. The van der Waals surface area contributed by atoms with Crippen LogP contribution in [0, 0.1) is 6.92 Å². The number of fused-ring (bicyclic) bond motifs is 1. The van der Waals surface area contributed by atoms with Gasteiger partial charge in [0, 0.05) is 36.1 Å². The van der Waals surface area contributed by atoms with Crippen molar-refractivity contribution in [1.82, 2.24) is 9.88 Å². The number of nitrogens with one attached hydrogen (secondary N) is 1. The number of rotatable bonds is 3. The van der Waals surface area contributed by atoms with Gasteiger partial charge in [0.05, 0.1) is 6.61 Å². The lowest BCUT2D eigenvalue weighted by Crippen LogP contribution is -2.11. The third-order valence-corrected chi connectivity index (χ3v) is 4.24. The average molecular weight is 258 g/mol. The maximum absolute atomic E-state index is 5.62. The first-order valence-electron chi connectivity index (χ1n) is 7.14. The van der Waals surface area contributed by atoms with Crippen molar-refractivity contribution >= 4 is 10.9 Å². The fourth-order valence-electron chi connectivity index (χ4n) is 3.35. The number of ether oxygens (including phenoxy) is 1. The number of nitrogens with zero attached hydrogens (tertiary/aromatic N) is 1. The lowest BCUT2D eigenvalue weighted by atomic mass is 10.0. The van der Waals surface area contributed by atoms with Crippen LogP contribution < -0.4 is 10.1 Å². The summed E-state index contributed by atoms with van der Waals surface area (Å²) in [5, 5.41) is 4.79. The van der Waals surface area contributed by atoms with Crippen LogP contribution in [0.3, 0.4) is 0 Å². The number of benzene rings is 1. The van der Waals surface area contributed by atoms with Crippen molar-refractivity contribution in [1.29, 1.82) is 0 Å². The van der Waals surface area contributed by atoms with E-state index in [0.29, 0.717) is 5.92 Å². The molecule has 3 rings (SSSR count). The molecule has 3 nitrogen and oxygen atoms in total. The van der Waals surface area contributed by atoms with Gasteiger partial charge < -0.3 is 14.6 Å². The van der Waals surface area contributed by atoms with Crippen molar-refractivity contribution in [2.45, 2.75) is 26.2 Å². The number of aromatic nitrogens is 1. The minimum absolute atomic E-state index is 0.646. The van der Waals surface area contributed by atoms with E-state index < -0.39 is 0 Å². The predicted octanol–water partition coefficient (Wildman–Crippen LogP) is 2.96. The van der Waals surface area contributed by atoms with Crippen molar-refractivity contribution in [2.75, 3.05) is 19.7 Å². The lowest BCUT2D eigenvalue weighted by molar-refractivity contribution is 0.340. The van der Waals surface area contributed by atoms with E-state index in [1.807, 2.05) is 6.92 Å². The number of aryl methyl sites for hydroxylation is 2. The Balaban J connectivity index is 2.12. The molecule has 2 aromatic rings. The van der Waals surface area contributed by atoms with Gasteiger partial charge in [0.15, 0.2) is 0 Å². The van der Waals surface area contributed by atoms with Crippen LogP contribution >= 0.6 is 0 Å². The second-order valence-corrected chi connectivity index (χ2v) is 5.37. The predicted molar refractivity (Wildman–Crippen MR) is 79.1 cm³/mol. The first-order valence-corrected chi connectivity index (χ1v) is 7.14. The summed E-state index contributed by atoms with van der Waals surface area (Å²) in [5.74, 6) is 1.62. The molecular weight excluding hydrogens is 236 g/mol. The van der Waals surface area contributed by atoms with Crippen LogP contribution in [-0.4, -0.2) is 24.3 Å². The highest BCUT2D eigenvalue weighted by Gasteiger charge is 2.23. The topological polar surface area (TPSA) is 26.2 Å². The molecule has 0 saturated carbocycles. The molecule has 1 saturated heterocycles. The van der Waals surface area contributed by atoms with E-state index in [-0.39, 0.29) is 0 Å². The molecular formula is C16H22N2O. The van der Waals surface area contributed by atoms with Crippen molar-refractivity contribution < 1.29 is 4.74 Å². The van der Waals surface area contributed by atoms with Crippen LogP contribution in [0.15, 0.2) is 18.2 Å². The molecule has 1 aromatic heterocycles. The van der Waals surface area contributed by atoms with Gasteiger partial charge in [-0.2, -0.15) is 0 Å². The molecule has 0 bridgehead atoms. The summed E-state index contributed by atoms with van der Waals surface area (Å²) in [7, 11) is 2.18. The summed E-state index contributed by atoms with van der Waals surface area (Å²) in [6, 6.07) is 6.43. The monoisotopic (exact) mass is 258 g/mol. The maximum Gasteiger partial charge on any atom is 0.120 e. The second-order valence-electron chi connectivity index (χ2n) is 5.37. The van der Waals surface area contributed by atoms with Crippen LogP contribution in [0.5, 0.6) is 5.75 Å². The van der Waals surface area contributed by atoms with E-state index in [0.717, 1.165) is 25.4 Å². The fraction of sp³-hybridized carbons (Fsp3) is 0.500. The summed E-state index contributed by atoms with van der Waals surface area (Å²) in [6.45, 7) is 7.22. The molecule has 2 heterocycles. The molecule has 1 atom stereocenters. The molecule has 3 heteroatoms. The highest BCUT2D eigenvalue weighted by molar-refractivity contribution is 5.86. The summed E-state index contributed by atoms with van der Waals surface area (Å²) < 4.78 is 7.98. The molecule has 1 unspecified atom stereocenters. The molecule has 1 aliphatic rings. The lowest BCUT2D eigenvalue weighted by Gasteiger charge is -2.12. The normalized spacial score (nSPS) is 19.2. The van der Waals surface area contributed by atoms with E-state index in [1.54, 1.807) is 0 Å². The molecule has 0 amide bonds. The molecule has 102 valence electrons. The zero-order valence-electron chi connectivity index (χ0n) is 12.0. The van der Waals surface area contributed by atoms with Crippen molar-refractivity contribution in [3.8, 4) is 5.75 Å². The first kappa shape index (κ1) is 12.5. The van der Waals surface area contributed by atoms with E-state index in [9.17, 15) is 0 Å². The molecule has 1 N–H and O–H groups in total. The summed E-state index contributed by atoms with van der Waals surface area (Å²) in [5.41, 5.74) is 4.20. The van der Waals surface area contributed by atoms with Crippen molar-refractivity contribution in [3.63, 3.8) is 0 Å². The summed E-state index contributed by atoms with van der Waals surface area (Å²) >= 11 is 0. The highest BCUT2D eigenvalue weighted by Crippen LogP contribution is 2.34. The fourth-order valence-corrected chi connectivity index (χ4v) is 3.35. The first-order chi connectivity index (χ1) is 9.22. The molecule has 0 radical (unpaired) electrons. The van der Waals surface area contributed by atoms with Crippen LogP contribution in [0.25, 0.3) is 10.9 Å². The third kappa shape index (κ3) is 2.02. The standard InChI is InChI=1S/C16H22N2O/c1-4-19-13-5-6-15-14(9-13)11(2)16(18(15)3)12-7-8-17-10-12/h5-6,9,12,17H,4,7-8,10H2,1-3H3. The molecule has 19 heavy (non-hydrogen) atoms. The minimum atomic E-state index is 0.646. The summed E-state index contributed by atoms with van der Waals surface area (Å²) in [4.78, 5) is 0. The van der Waals surface area contributed by atoms with Gasteiger partial charge >= 0.3 is 0 Å². The quantitative estimate of drug-likeness (QED) is 0.916. The smallest absolute Gasteiger partial charge is 0.120 e. The van der Waals surface area contributed by atoms with E-state index in [4.69, 9.17) is 4.74 Å². The summed E-state index contributed by atoms with van der Waals surface area (Å²) in [6.07, 6.45) is 1.24. The zero-order valence-corrected chi connectivity index (χ0v) is 12.0. The molecule has 1 aliphatic heterocycles. The maximum atomic E-state index is 5.62. The van der Waals surface area contributed by atoms with Crippen LogP contribution in [-0.2, 0) is 7.05 Å². The highest BCUT2D eigenvalue weighted by atomic mass is 16.5. The third-order valence-electron chi connectivity index (χ3n) is 4.24. The molecule has 0 spiro atoms. The number of hydrogen-bond donors (Lipinski definition) is 1. The van der Waals surface area contributed by atoms with Crippen LogP contribution in [0.2, 0.25) is 0 Å². The largest absolute Gasteiger partial charge is 0.494 e. The Morgan fingerprint density at radius 2 is 2.26 bits per heavy atom. The van der Waals surface area contributed by atoms with E-state index in [1.165, 1.54) is 28.6 Å². The van der Waals surface area contributed by atoms with Crippen molar-refractivity contribution in [3.05, 3.63) is 29.5 Å². The minimum Gasteiger partial charge on any atom is -0.494 e. The zero-order chi connectivity index (χ0) is 13.4. The van der Waals surface area contributed by atoms with Gasteiger partial charge in [-0.3, -0.25) is 0 Å². The van der Waals surface area contributed by atoms with Crippen LogP contribution in [0.4, 0.5) is 0 Å². The van der Waals surface area contributed by atoms with Gasteiger partial charge in [0.1, 0.15) is 5.75 Å². The Hall–Kier alpha value is -1.48. The number of hydrogen-bond acceptors (Lipinski definition) is 2. The van der Waals surface area contributed by atoms with Crippen LogP contribution in [0.1, 0.15) is 30.5 Å². The Morgan fingerprint density at radius 3 is 2.95 bits per heavy atom. The van der Waals surface area contributed by atoms with Gasteiger partial charge in [0.2, 0.25) is 0 Å². The van der Waals surface area contributed by atoms with Gasteiger partial charge in [-0.05, 0) is 50.6 Å². The molecule has 1 aromatic carbocycles. The van der Waals surface area contributed by atoms with E-state index >= 15 is 0 Å². The average Bonchev–Trinajstić information content (AvgIpc) is 2.99. The van der Waals surface area contributed by atoms with E-state index in [2.05, 4.69) is 42.1 Å². The van der Waals surface area contributed by atoms with Gasteiger partial charge in [-0.25, -0.2) is 0 Å². The Labute approximate surface area is 114 Å².